The smallest absolute Gasteiger partial charge is 0.358 e. The molecule has 0 aliphatic heterocycles. The number of pyridine rings is 1. The summed E-state index contributed by atoms with van der Waals surface area (Å²) in [6.45, 7) is 0. The van der Waals surface area contributed by atoms with Crippen LogP contribution in [0.2, 0.25) is 5.02 Å². The summed E-state index contributed by atoms with van der Waals surface area (Å²) >= 11 is 5.32. The minimum absolute atomic E-state index is 0.562. The molecule has 0 atom stereocenters. The van der Waals surface area contributed by atoms with E-state index < -0.39 is 41.7 Å². The van der Waals surface area contributed by atoms with Crippen LogP contribution in [-0.4, -0.2) is 18.3 Å². The molecule has 0 aliphatic carbocycles. The van der Waals surface area contributed by atoms with E-state index in [2.05, 4.69) is 4.98 Å². The highest BCUT2D eigenvalue weighted by Gasteiger charge is 2.35. The second-order valence-electron chi connectivity index (χ2n) is 2.67. The van der Waals surface area contributed by atoms with Gasteiger partial charge in [0.05, 0.1) is 10.6 Å². The number of alkyl halides is 2. The summed E-state index contributed by atoms with van der Waals surface area (Å²) in [5, 5.41) is 9.77. The average Bonchev–Trinajstić information content (AvgIpc) is 2.14. The molecule has 1 aromatic heterocycles. The summed E-state index contributed by atoms with van der Waals surface area (Å²) < 4.78 is 47.3. The van der Waals surface area contributed by atoms with Gasteiger partial charge in [-0.05, 0) is 9.91 Å². The van der Waals surface area contributed by atoms with E-state index in [0.29, 0.717) is 6.20 Å². The molecule has 0 radical (unpaired) electrons. The standard InChI is InChI=1S/C6H2Cl2F2N2O4S/c7-2-1-11-6(12(13)14)4(17(8,15)16)3(2)5(9)10/h1,5H. The first-order valence-electron chi connectivity index (χ1n) is 3.72. The van der Waals surface area contributed by atoms with Crippen molar-refractivity contribution in [3.8, 4) is 0 Å². The fraction of sp³-hybridized carbons (Fsp3) is 0.167. The van der Waals surface area contributed by atoms with Gasteiger partial charge in [-0.2, -0.15) is 0 Å². The van der Waals surface area contributed by atoms with Gasteiger partial charge in [-0.1, -0.05) is 11.6 Å². The van der Waals surface area contributed by atoms with Crippen molar-refractivity contribution in [3.05, 3.63) is 26.9 Å². The minimum Gasteiger partial charge on any atom is -0.358 e. The van der Waals surface area contributed by atoms with E-state index in [-0.39, 0.29) is 0 Å². The second-order valence-corrected chi connectivity index (χ2v) is 5.58. The van der Waals surface area contributed by atoms with Gasteiger partial charge in [-0.15, -0.1) is 0 Å². The summed E-state index contributed by atoms with van der Waals surface area (Å²) in [5.41, 5.74) is -1.23. The van der Waals surface area contributed by atoms with Crippen LogP contribution in [0.15, 0.2) is 11.1 Å². The van der Waals surface area contributed by atoms with Crippen LogP contribution in [-0.2, 0) is 9.05 Å². The maximum absolute atomic E-state index is 12.6. The second kappa shape index (κ2) is 4.67. The summed E-state index contributed by atoms with van der Waals surface area (Å²) in [6, 6.07) is 0. The molecule has 6 nitrogen and oxygen atoms in total. The first kappa shape index (κ1) is 14.0. The predicted molar refractivity (Wildman–Crippen MR) is 53.9 cm³/mol. The van der Waals surface area contributed by atoms with Crippen LogP contribution in [0.1, 0.15) is 12.0 Å². The van der Waals surface area contributed by atoms with E-state index in [1.165, 1.54) is 0 Å². The molecule has 0 aliphatic rings. The predicted octanol–water partition coefficient (Wildman–Crippen LogP) is 2.51. The first-order valence-corrected chi connectivity index (χ1v) is 6.40. The van der Waals surface area contributed by atoms with Gasteiger partial charge >= 0.3 is 5.82 Å². The van der Waals surface area contributed by atoms with E-state index in [1.54, 1.807) is 0 Å². The third kappa shape index (κ3) is 2.79. The molecule has 0 saturated carbocycles. The van der Waals surface area contributed by atoms with Crippen molar-refractivity contribution in [2.45, 2.75) is 11.3 Å². The summed E-state index contributed by atoms with van der Waals surface area (Å²) in [5.74, 6) is -1.29. The zero-order chi connectivity index (χ0) is 13.4. The summed E-state index contributed by atoms with van der Waals surface area (Å²) in [4.78, 5) is 10.9. The van der Waals surface area contributed by atoms with Crippen LogP contribution in [0, 0.1) is 10.1 Å². The molecule has 1 rings (SSSR count). The third-order valence-electron chi connectivity index (χ3n) is 1.64. The molecule has 0 unspecified atom stereocenters. The molecule has 17 heavy (non-hydrogen) atoms. The molecule has 0 amide bonds. The summed E-state index contributed by atoms with van der Waals surface area (Å²) in [7, 11) is 0.0917. The normalized spacial score (nSPS) is 11.8. The highest BCUT2D eigenvalue weighted by molar-refractivity contribution is 8.13. The van der Waals surface area contributed by atoms with Crippen LogP contribution in [0.25, 0.3) is 0 Å². The number of rotatable bonds is 3. The van der Waals surface area contributed by atoms with E-state index >= 15 is 0 Å². The Kier molecular flexibility index (Phi) is 3.84. The SMILES string of the molecule is O=[N+]([O-])c1ncc(Cl)c(C(F)F)c1S(=O)(=O)Cl. The van der Waals surface area contributed by atoms with Crippen LogP contribution in [0.3, 0.4) is 0 Å². The van der Waals surface area contributed by atoms with Gasteiger partial charge in [-0.3, -0.25) is 0 Å². The molecule has 0 N–H and O–H groups in total. The Hall–Kier alpha value is -1.06. The first-order chi connectivity index (χ1) is 7.66. The van der Waals surface area contributed by atoms with Gasteiger partial charge in [0.2, 0.25) is 0 Å². The van der Waals surface area contributed by atoms with E-state index in [9.17, 15) is 27.3 Å². The molecule has 1 aromatic rings. The number of nitrogens with zero attached hydrogens (tertiary/aromatic N) is 2. The Balaban J connectivity index is 3.82. The lowest BCUT2D eigenvalue weighted by Crippen LogP contribution is -2.07. The monoisotopic (exact) mass is 306 g/mol. The third-order valence-corrected chi connectivity index (χ3v) is 3.29. The molecule has 0 fully saturated rings. The highest BCUT2D eigenvalue weighted by atomic mass is 35.7. The Morgan fingerprint density at radius 1 is 1.47 bits per heavy atom. The minimum atomic E-state index is -4.77. The van der Waals surface area contributed by atoms with Crippen molar-refractivity contribution in [1.82, 2.24) is 4.98 Å². The van der Waals surface area contributed by atoms with E-state index in [1.807, 2.05) is 0 Å². The quantitative estimate of drug-likeness (QED) is 0.486. The fourth-order valence-electron chi connectivity index (χ4n) is 1.05. The molecule has 0 saturated heterocycles. The average molecular weight is 307 g/mol. The van der Waals surface area contributed by atoms with Crippen molar-refractivity contribution in [3.63, 3.8) is 0 Å². The number of aromatic nitrogens is 1. The molecule has 1 heterocycles. The molecular formula is C6H2Cl2F2N2O4S. The van der Waals surface area contributed by atoms with Crippen molar-refractivity contribution in [2.75, 3.05) is 0 Å². The highest BCUT2D eigenvalue weighted by Crippen LogP contribution is 2.38. The van der Waals surface area contributed by atoms with Gasteiger partial charge in [0.25, 0.3) is 15.5 Å². The number of hydrogen-bond acceptors (Lipinski definition) is 5. The van der Waals surface area contributed by atoms with Gasteiger partial charge in [0.1, 0.15) is 0 Å². The van der Waals surface area contributed by atoms with Crippen LogP contribution in [0.5, 0.6) is 0 Å². The van der Waals surface area contributed by atoms with Crippen molar-refractivity contribution >= 4 is 37.2 Å². The molecule has 11 heteroatoms. The number of halogens is 4. The molecule has 0 spiro atoms. The van der Waals surface area contributed by atoms with E-state index in [4.69, 9.17) is 22.3 Å². The van der Waals surface area contributed by atoms with Crippen molar-refractivity contribution in [2.24, 2.45) is 0 Å². The maximum Gasteiger partial charge on any atom is 0.384 e. The van der Waals surface area contributed by atoms with Crippen LogP contribution < -0.4 is 0 Å². The summed E-state index contributed by atoms with van der Waals surface area (Å²) in [6.07, 6.45) is -2.78. The lowest BCUT2D eigenvalue weighted by Gasteiger charge is -2.06. The zero-order valence-corrected chi connectivity index (χ0v) is 9.93. The van der Waals surface area contributed by atoms with Gasteiger partial charge in [-0.25, -0.2) is 17.2 Å². The maximum atomic E-state index is 12.6. The van der Waals surface area contributed by atoms with Gasteiger partial charge in [0, 0.05) is 10.7 Å². The Morgan fingerprint density at radius 3 is 2.35 bits per heavy atom. The number of nitro groups is 1. The molecular weight excluding hydrogens is 305 g/mol. The van der Waals surface area contributed by atoms with Crippen molar-refractivity contribution in [1.29, 1.82) is 0 Å². The Labute approximate surface area is 103 Å². The van der Waals surface area contributed by atoms with Crippen LogP contribution >= 0.6 is 22.3 Å². The lowest BCUT2D eigenvalue weighted by molar-refractivity contribution is -0.392. The van der Waals surface area contributed by atoms with Gasteiger partial charge in [0.15, 0.2) is 11.1 Å². The number of hydrogen-bond donors (Lipinski definition) is 0. The van der Waals surface area contributed by atoms with Crippen molar-refractivity contribution < 1.29 is 22.1 Å². The van der Waals surface area contributed by atoms with Crippen LogP contribution in [0.4, 0.5) is 14.6 Å². The Bertz CT molecular complexity index is 578. The van der Waals surface area contributed by atoms with Gasteiger partial charge < -0.3 is 10.1 Å². The molecule has 94 valence electrons. The largest absolute Gasteiger partial charge is 0.384 e. The fourth-order valence-corrected chi connectivity index (χ4v) is 2.59. The molecule has 0 bridgehead atoms. The van der Waals surface area contributed by atoms with E-state index in [0.717, 1.165) is 0 Å². The Morgan fingerprint density at radius 2 is 2.00 bits per heavy atom. The topological polar surface area (TPSA) is 90.2 Å². The molecule has 0 aromatic carbocycles. The lowest BCUT2D eigenvalue weighted by atomic mass is 10.2. The zero-order valence-electron chi connectivity index (χ0n) is 7.60.